The van der Waals surface area contributed by atoms with E-state index in [1.807, 2.05) is 91.0 Å². The molecule has 1 atom stereocenters. The number of carbonyl (C=O) groups is 1. The number of nitrogens with two attached hydrogens (primary N) is 1. The van der Waals surface area contributed by atoms with E-state index >= 15 is 0 Å². The lowest BCUT2D eigenvalue weighted by atomic mass is 9.85. The first-order chi connectivity index (χ1) is 12.3. The van der Waals surface area contributed by atoms with Gasteiger partial charge in [0.15, 0.2) is 0 Å². The van der Waals surface area contributed by atoms with E-state index in [9.17, 15) is 4.79 Å². The quantitative estimate of drug-likeness (QED) is 0.697. The fraction of sp³-hybridized carbons (Fsp3) is 0.136. The Morgan fingerprint density at radius 1 is 0.760 bits per heavy atom. The third-order valence-corrected chi connectivity index (χ3v) is 4.17. The Balaban J connectivity index is 1.79. The van der Waals surface area contributed by atoms with Crippen molar-refractivity contribution >= 4 is 5.97 Å². The molecule has 0 aliphatic carbocycles. The van der Waals surface area contributed by atoms with Crippen LogP contribution in [0.1, 0.15) is 22.6 Å². The van der Waals surface area contributed by atoms with Gasteiger partial charge < -0.3 is 10.5 Å². The van der Waals surface area contributed by atoms with Crippen molar-refractivity contribution in [2.75, 3.05) is 0 Å². The maximum absolute atomic E-state index is 12.6. The Kier molecular flexibility index (Phi) is 5.60. The third-order valence-electron chi connectivity index (χ3n) is 4.17. The van der Waals surface area contributed by atoms with Gasteiger partial charge in [-0.15, -0.1) is 0 Å². The van der Waals surface area contributed by atoms with E-state index in [4.69, 9.17) is 10.5 Å². The predicted molar refractivity (Wildman–Crippen MR) is 98.9 cm³/mol. The number of benzene rings is 3. The molecule has 0 amide bonds. The highest BCUT2D eigenvalue weighted by Crippen LogP contribution is 2.27. The summed E-state index contributed by atoms with van der Waals surface area (Å²) in [6, 6.07) is 28.5. The van der Waals surface area contributed by atoms with Crippen LogP contribution in [-0.4, -0.2) is 12.0 Å². The van der Waals surface area contributed by atoms with Crippen LogP contribution in [0.4, 0.5) is 0 Å². The molecule has 0 aromatic heterocycles. The Labute approximate surface area is 148 Å². The zero-order chi connectivity index (χ0) is 17.5. The van der Waals surface area contributed by atoms with Crippen molar-refractivity contribution in [2.45, 2.75) is 18.6 Å². The molecule has 1 unspecified atom stereocenters. The van der Waals surface area contributed by atoms with Crippen molar-refractivity contribution in [3.8, 4) is 0 Å². The molecule has 3 heteroatoms. The summed E-state index contributed by atoms with van der Waals surface area (Å²) in [5, 5.41) is 0. The predicted octanol–water partition coefficient (Wildman–Crippen LogP) is 3.89. The van der Waals surface area contributed by atoms with Crippen LogP contribution < -0.4 is 5.73 Å². The van der Waals surface area contributed by atoms with Gasteiger partial charge in [-0.25, -0.2) is 0 Å². The first kappa shape index (κ1) is 16.9. The van der Waals surface area contributed by atoms with Crippen LogP contribution in [0.15, 0.2) is 91.0 Å². The van der Waals surface area contributed by atoms with Crippen LogP contribution in [-0.2, 0) is 16.1 Å². The van der Waals surface area contributed by atoms with Crippen LogP contribution in [0.2, 0.25) is 0 Å². The smallest absolute Gasteiger partial charge is 0.324 e. The fourth-order valence-electron chi connectivity index (χ4n) is 2.89. The lowest BCUT2D eigenvalue weighted by molar-refractivity contribution is -0.146. The number of hydrogen-bond donors (Lipinski definition) is 1. The van der Waals surface area contributed by atoms with Gasteiger partial charge in [-0.2, -0.15) is 0 Å². The monoisotopic (exact) mass is 331 g/mol. The average molecular weight is 331 g/mol. The van der Waals surface area contributed by atoms with Crippen molar-refractivity contribution in [2.24, 2.45) is 5.73 Å². The van der Waals surface area contributed by atoms with Gasteiger partial charge in [0.2, 0.25) is 0 Å². The summed E-state index contributed by atoms with van der Waals surface area (Å²) in [5.74, 6) is -0.646. The SMILES string of the molecule is NC(C(=O)OCc1ccccc1)C(c1ccccc1)c1ccccc1. The van der Waals surface area contributed by atoms with Crippen LogP contribution in [0.3, 0.4) is 0 Å². The average Bonchev–Trinajstić information content (AvgIpc) is 2.69. The van der Waals surface area contributed by atoms with Crippen molar-refractivity contribution in [3.05, 3.63) is 108 Å². The number of carbonyl (C=O) groups excluding carboxylic acids is 1. The number of ether oxygens (including phenoxy) is 1. The molecular weight excluding hydrogens is 310 g/mol. The molecule has 0 heterocycles. The molecule has 126 valence electrons. The molecule has 0 spiro atoms. The third kappa shape index (κ3) is 4.34. The Morgan fingerprint density at radius 3 is 1.68 bits per heavy atom. The maximum Gasteiger partial charge on any atom is 0.324 e. The molecule has 0 bridgehead atoms. The van der Waals surface area contributed by atoms with E-state index in [0.717, 1.165) is 16.7 Å². The topological polar surface area (TPSA) is 52.3 Å². The zero-order valence-electron chi connectivity index (χ0n) is 13.9. The van der Waals surface area contributed by atoms with E-state index in [2.05, 4.69) is 0 Å². The molecule has 3 aromatic carbocycles. The van der Waals surface area contributed by atoms with Gasteiger partial charge in [0.25, 0.3) is 0 Å². The summed E-state index contributed by atoms with van der Waals surface area (Å²) >= 11 is 0. The summed E-state index contributed by atoms with van der Waals surface area (Å²) in [6.07, 6.45) is 0. The Morgan fingerprint density at radius 2 is 1.20 bits per heavy atom. The summed E-state index contributed by atoms with van der Waals surface area (Å²) < 4.78 is 5.45. The van der Waals surface area contributed by atoms with Gasteiger partial charge in [0, 0.05) is 5.92 Å². The maximum atomic E-state index is 12.6. The molecule has 3 nitrogen and oxygen atoms in total. The lowest BCUT2D eigenvalue weighted by Gasteiger charge is -2.23. The number of rotatable bonds is 6. The first-order valence-electron chi connectivity index (χ1n) is 8.32. The second kappa shape index (κ2) is 8.27. The minimum Gasteiger partial charge on any atom is -0.460 e. The minimum absolute atomic E-state index is 0.226. The molecule has 0 aliphatic rings. The van der Waals surface area contributed by atoms with Crippen LogP contribution >= 0.6 is 0 Å². The largest absolute Gasteiger partial charge is 0.460 e. The minimum atomic E-state index is -0.770. The molecule has 3 rings (SSSR count). The fourth-order valence-corrected chi connectivity index (χ4v) is 2.89. The Bertz CT molecular complexity index is 749. The molecule has 0 radical (unpaired) electrons. The van der Waals surface area contributed by atoms with Gasteiger partial charge in [0.05, 0.1) is 0 Å². The van der Waals surface area contributed by atoms with Crippen molar-refractivity contribution in [1.29, 1.82) is 0 Å². The number of esters is 1. The van der Waals surface area contributed by atoms with E-state index in [1.54, 1.807) is 0 Å². The highest BCUT2D eigenvalue weighted by molar-refractivity contribution is 5.78. The van der Waals surface area contributed by atoms with Crippen molar-refractivity contribution < 1.29 is 9.53 Å². The molecule has 0 aliphatic heterocycles. The second-order valence-corrected chi connectivity index (χ2v) is 5.92. The van der Waals surface area contributed by atoms with Crippen molar-refractivity contribution in [1.82, 2.24) is 0 Å². The van der Waals surface area contributed by atoms with Gasteiger partial charge in [-0.1, -0.05) is 91.0 Å². The van der Waals surface area contributed by atoms with E-state index < -0.39 is 12.0 Å². The van der Waals surface area contributed by atoms with Crippen LogP contribution in [0.25, 0.3) is 0 Å². The molecule has 25 heavy (non-hydrogen) atoms. The van der Waals surface area contributed by atoms with E-state index in [1.165, 1.54) is 0 Å². The summed E-state index contributed by atoms with van der Waals surface area (Å²) in [4.78, 5) is 12.6. The molecule has 2 N–H and O–H groups in total. The Hall–Kier alpha value is -2.91. The standard InChI is InChI=1S/C22H21NO2/c23-21(22(24)25-16-17-10-4-1-5-11-17)20(18-12-6-2-7-13-18)19-14-8-3-9-15-19/h1-15,20-21H,16,23H2. The van der Waals surface area contributed by atoms with Crippen molar-refractivity contribution in [3.63, 3.8) is 0 Å². The molecule has 0 saturated heterocycles. The van der Waals surface area contributed by atoms with Gasteiger partial charge in [-0.05, 0) is 16.7 Å². The lowest BCUT2D eigenvalue weighted by Crippen LogP contribution is -2.38. The van der Waals surface area contributed by atoms with Crippen LogP contribution in [0.5, 0.6) is 0 Å². The molecule has 0 saturated carbocycles. The second-order valence-electron chi connectivity index (χ2n) is 5.92. The van der Waals surface area contributed by atoms with Gasteiger partial charge >= 0.3 is 5.97 Å². The normalized spacial score (nSPS) is 11.9. The first-order valence-corrected chi connectivity index (χ1v) is 8.32. The molecule has 3 aromatic rings. The van der Waals surface area contributed by atoms with Crippen LogP contribution in [0, 0.1) is 0 Å². The zero-order valence-corrected chi connectivity index (χ0v) is 13.9. The molecule has 0 fully saturated rings. The van der Waals surface area contributed by atoms with E-state index in [0.29, 0.717) is 0 Å². The summed E-state index contributed by atoms with van der Waals surface area (Å²) in [5.41, 5.74) is 9.25. The summed E-state index contributed by atoms with van der Waals surface area (Å²) in [7, 11) is 0. The number of hydrogen-bond acceptors (Lipinski definition) is 3. The van der Waals surface area contributed by atoms with E-state index in [-0.39, 0.29) is 12.5 Å². The summed E-state index contributed by atoms with van der Waals surface area (Å²) in [6.45, 7) is 0.226. The van der Waals surface area contributed by atoms with Gasteiger partial charge in [-0.3, -0.25) is 4.79 Å². The highest BCUT2D eigenvalue weighted by atomic mass is 16.5. The van der Waals surface area contributed by atoms with Gasteiger partial charge in [0.1, 0.15) is 12.6 Å². The molecular formula is C22H21NO2. The highest BCUT2D eigenvalue weighted by Gasteiger charge is 2.28.